The summed E-state index contributed by atoms with van der Waals surface area (Å²) in [5, 5.41) is 0. The van der Waals surface area contributed by atoms with Gasteiger partial charge in [-0.3, -0.25) is 0 Å². The van der Waals surface area contributed by atoms with E-state index in [1.54, 1.807) is 0 Å². The molecular weight excluding hydrogens is 284 g/mol. The summed E-state index contributed by atoms with van der Waals surface area (Å²) in [5.41, 5.74) is 5.15. The lowest BCUT2D eigenvalue weighted by Gasteiger charge is -2.09. The van der Waals surface area contributed by atoms with Gasteiger partial charge in [0.05, 0.1) is 0 Å². The normalized spacial score (nSPS) is 11.6. The molecule has 0 aliphatic carbocycles. The average molecular weight is 289 g/mol. The van der Waals surface area contributed by atoms with Crippen LogP contribution >= 0.6 is 15.9 Å². The highest BCUT2D eigenvalue weighted by atomic mass is 79.9. The Bertz CT molecular complexity index is 345. The maximum atomic E-state index is 13.0. The fourth-order valence-electron chi connectivity index (χ4n) is 0.843. The summed E-state index contributed by atoms with van der Waals surface area (Å²) in [6, 6.07) is 0.902. The fraction of sp³-hybridized carbons (Fsp3) is 0.286. The second-order valence-electron chi connectivity index (χ2n) is 2.46. The lowest BCUT2D eigenvalue weighted by molar-refractivity contribution is -0.276. The number of alkyl halides is 3. The van der Waals surface area contributed by atoms with E-state index >= 15 is 0 Å². The van der Waals surface area contributed by atoms with Crippen molar-refractivity contribution < 1.29 is 22.3 Å². The number of nitrogens with zero attached hydrogens (tertiary/aromatic N) is 1. The van der Waals surface area contributed by atoms with Crippen LogP contribution in [0.5, 0.6) is 5.88 Å². The molecule has 2 N–H and O–H groups in total. The third-order valence-corrected chi connectivity index (χ3v) is 2.13. The number of ether oxygens (including phenoxy) is 1. The molecule has 0 amide bonds. The van der Waals surface area contributed by atoms with E-state index in [4.69, 9.17) is 5.73 Å². The molecule has 0 unspecified atom stereocenters. The molecule has 0 saturated heterocycles. The first-order chi connectivity index (χ1) is 6.83. The van der Waals surface area contributed by atoms with Crippen LogP contribution in [0.15, 0.2) is 10.5 Å². The van der Waals surface area contributed by atoms with E-state index in [0.717, 1.165) is 6.07 Å². The minimum atomic E-state index is -4.90. The van der Waals surface area contributed by atoms with Crippen molar-refractivity contribution in [1.82, 2.24) is 4.98 Å². The van der Waals surface area contributed by atoms with Crippen LogP contribution in [0.4, 0.5) is 17.6 Å². The largest absolute Gasteiger partial charge is 0.574 e. The zero-order valence-corrected chi connectivity index (χ0v) is 8.69. The van der Waals surface area contributed by atoms with Crippen LogP contribution in [0.2, 0.25) is 0 Å². The van der Waals surface area contributed by atoms with Gasteiger partial charge in [0.2, 0.25) is 11.8 Å². The van der Waals surface area contributed by atoms with Gasteiger partial charge in [0.1, 0.15) is 0 Å². The van der Waals surface area contributed by atoms with Gasteiger partial charge < -0.3 is 10.5 Å². The Morgan fingerprint density at radius 1 is 1.47 bits per heavy atom. The summed E-state index contributed by atoms with van der Waals surface area (Å²) in [6.45, 7) is -0.175. The first-order valence-corrected chi connectivity index (χ1v) is 4.43. The van der Waals surface area contributed by atoms with Gasteiger partial charge in [-0.25, -0.2) is 0 Å². The predicted molar refractivity (Wildman–Crippen MR) is 46.5 cm³/mol. The fourth-order valence-corrected chi connectivity index (χ4v) is 1.36. The van der Waals surface area contributed by atoms with Crippen LogP contribution in [0.3, 0.4) is 0 Å². The Labute approximate surface area is 90.4 Å². The zero-order chi connectivity index (χ0) is 11.6. The lowest BCUT2D eigenvalue weighted by Crippen LogP contribution is -2.18. The van der Waals surface area contributed by atoms with Crippen LogP contribution in [0.1, 0.15) is 5.56 Å². The van der Waals surface area contributed by atoms with Gasteiger partial charge >= 0.3 is 6.36 Å². The number of halogens is 5. The number of hydrogen-bond acceptors (Lipinski definition) is 3. The Hall–Kier alpha value is -0.890. The Kier molecular flexibility index (Phi) is 3.50. The minimum absolute atomic E-state index is 0.00970. The molecule has 15 heavy (non-hydrogen) atoms. The van der Waals surface area contributed by atoms with Crippen LogP contribution in [-0.4, -0.2) is 11.3 Å². The summed E-state index contributed by atoms with van der Waals surface area (Å²) in [5.74, 6) is -1.96. The quantitative estimate of drug-likeness (QED) is 0.671. The van der Waals surface area contributed by atoms with E-state index in [0.29, 0.717) is 0 Å². The van der Waals surface area contributed by atoms with Crippen LogP contribution in [-0.2, 0) is 6.54 Å². The second kappa shape index (κ2) is 4.31. The number of nitrogens with two attached hydrogens (primary N) is 1. The van der Waals surface area contributed by atoms with Crippen molar-refractivity contribution >= 4 is 15.9 Å². The van der Waals surface area contributed by atoms with E-state index in [1.165, 1.54) is 0 Å². The van der Waals surface area contributed by atoms with Crippen molar-refractivity contribution in [3.05, 3.63) is 22.1 Å². The molecule has 8 heteroatoms. The third kappa shape index (κ3) is 3.31. The van der Waals surface area contributed by atoms with Crippen molar-refractivity contribution in [2.75, 3.05) is 0 Å². The molecule has 84 valence electrons. The summed E-state index contributed by atoms with van der Waals surface area (Å²) < 4.78 is 51.8. The topological polar surface area (TPSA) is 48.1 Å². The first kappa shape index (κ1) is 12.2. The third-order valence-electron chi connectivity index (χ3n) is 1.42. The number of aromatic nitrogens is 1. The molecule has 1 rings (SSSR count). The Morgan fingerprint density at radius 2 is 2.07 bits per heavy atom. The predicted octanol–water partition coefficient (Wildman–Crippen LogP) is 2.34. The smallest absolute Gasteiger partial charge is 0.388 e. The van der Waals surface area contributed by atoms with Gasteiger partial charge in [0.25, 0.3) is 0 Å². The van der Waals surface area contributed by atoms with E-state index in [2.05, 4.69) is 25.7 Å². The van der Waals surface area contributed by atoms with Gasteiger partial charge in [-0.05, 0) is 0 Å². The second-order valence-corrected chi connectivity index (χ2v) is 3.32. The molecule has 1 heterocycles. The van der Waals surface area contributed by atoms with E-state index in [9.17, 15) is 17.6 Å². The van der Waals surface area contributed by atoms with Gasteiger partial charge in [-0.2, -0.15) is 9.37 Å². The summed E-state index contributed by atoms with van der Waals surface area (Å²) >= 11 is 2.86. The highest BCUT2D eigenvalue weighted by Gasteiger charge is 2.32. The molecule has 0 aliphatic heterocycles. The molecule has 0 aliphatic rings. The van der Waals surface area contributed by atoms with Gasteiger partial charge in [-0.1, -0.05) is 15.9 Å². The van der Waals surface area contributed by atoms with Crippen molar-refractivity contribution in [2.24, 2.45) is 5.73 Å². The summed E-state index contributed by atoms with van der Waals surface area (Å²) in [7, 11) is 0. The summed E-state index contributed by atoms with van der Waals surface area (Å²) in [6.07, 6.45) is -4.90. The number of rotatable bonds is 2. The highest BCUT2D eigenvalue weighted by molar-refractivity contribution is 9.10. The molecule has 1 aromatic rings. The molecule has 0 aromatic carbocycles. The van der Waals surface area contributed by atoms with Gasteiger partial charge in [0, 0.05) is 22.6 Å². The molecule has 1 aromatic heterocycles. The molecule has 0 radical (unpaired) electrons. The van der Waals surface area contributed by atoms with E-state index < -0.39 is 18.2 Å². The standard InChI is InChI=1S/C7H5BrF4N2O/c8-4-1-5(15-7(10,11)12)14-6(9)3(4)2-13/h1H,2,13H2. The number of hydrogen-bond donors (Lipinski definition) is 1. The van der Waals surface area contributed by atoms with Gasteiger partial charge in [-0.15, -0.1) is 13.2 Å². The van der Waals surface area contributed by atoms with Crippen molar-refractivity contribution in [3.8, 4) is 5.88 Å². The summed E-state index contributed by atoms with van der Waals surface area (Å²) in [4.78, 5) is 2.97. The van der Waals surface area contributed by atoms with Gasteiger partial charge in [0.15, 0.2) is 0 Å². The Morgan fingerprint density at radius 3 is 2.47 bits per heavy atom. The van der Waals surface area contributed by atoms with Crippen molar-refractivity contribution in [3.63, 3.8) is 0 Å². The monoisotopic (exact) mass is 288 g/mol. The SMILES string of the molecule is NCc1c(Br)cc(OC(F)(F)F)nc1F. The maximum absolute atomic E-state index is 13.0. The zero-order valence-electron chi connectivity index (χ0n) is 7.11. The Balaban J connectivity index is 3.04. The van der Waals surface area contributed by atoms with Crippen LogP contribution in [0.25, 0.3) is 0 Å². The lowest BCUT2D eigenvalue weighted by atomic mass is 10.3. The van der Waals surface area contributed by atoms with E-state index in [-0.39, 0.29) is 16.6 Å². The molecule has 0 saturated carbocycles. The molecule has 3 nitrogen and oxygen atoms in total. The first-order valence-electron chi connectivity index (χ1n) is 3.64. The number of pyridine rings is 1. The van der Waals surface area contributed by atoms with Crippen LogP contribution < -0.4 is 10.5 Å². The van der Waals surface area contributed by atoms with Crippen LogP contribution in [0, 0.1) is 5.95 Å². The average Bonchev–Trinajstić information content (AvgIpc) is 1.99. The van der Waals surface area contributed by atoms with E-state index in [1.807, 2.05) is 0 Å². The molecular formula is C7H5BrF4N2O. The molecule has 0 fully saturated rings. The van der Waals surface area contributed by atoms with Crippen molar-refractivity contribution in [2.45, 2.75) is 12.9 Å². The molecule has 0 bridgehead atoms. The van der Waals surface area contributed by atoms with Crippen molar-refractivity contribution in [1.29, 1.82) is 0 Å². The highest BCUT2D eigenvalue weighted by Crippen LogP contribution is 2.27. The molecule has 0 atom stereocenters. The molecule has 0 spiro atoms. The minimum Gasteiger partial charge on any atom is -0.388 e. The maximum Gasteiger partial charge on any atom is 0.574 e.